The average Bonchev–Trinajstić information content (AvgIpc) is 2.75. The maximum absolute atomic E-state index is 12.0. The van der Waals surface area contributed by atoms with E-state index in [1.165, 1.54) is 5.56 Å². The van der Waals surface area contributed by atoms with Crippen molar-refractivity contribution in [2.75, 3.05) is 5.32 Å². The molecule has 2 nitrogen and oxygen atoms in total. The van der Waals surface area contributed by atoms with Crippen molar-refractivity contribution in [3.63, 3.8) is 0 Å². The number of nitrogens with one attached hydrogen (secondary N) is 1. The van der Waals surface area contributed by atoms with Crippen LogP contribution >= 0.6 is 33.9 Å². The highest BCUT2D eigenvalue weighted by molar-refractivity contribution is 14.1. The lowest BCUT2D eigenvalue weighted by molar-refractivity contribution is 0.102. The second-order valence-electron chi connectivity index (χ2n) is 5.42. The summed E-state index contributed by atoms with van der Waals surface area (Å²) in [7, 11) is 0. The summed E-state index contributed by atoms with van der Waals surface area (Å²) in [5.74, 6) is -0.0531. The molecule has 0 aliphatic carbocycles. The van der Waals surface area contributed by atoms with Crippen LogP contribution in [0.4, 0.5) is 5.69 Å². The number of halogens is 1. The number of rotatable bonds is 2. The molecule has 0 unspecified atom stereocenters. The van der Waals surface area contributed by atoms with Crippen molar-refractivity contribution in [3.05, 3.63) is 49.7 Å². The van der Waals surface area contributed by atoms with Crippen molar-refractivity contribution in [2.24, 2.45) is 0 Å². The molecule has 0 saturated heterocycles. The second-order valence-corrected chi connectivity index (χ2v) is 8.23. The summed E-state index contributed by atoms with van der Waals surface area (Å²) in [6, 6.07) is 9.93. The lowest BCUT2D eigenvalue weighted by atomic mass is 9.87. The number of anilines is 1. The van der Waals surface area contributed by atoms with Crippen LogP contribution in [0.15, 0.2) is 35.7 Å². The Bertz CT molecular complexity index is 581. The molecule has 0 fully saturated rings. The molecular weight excluding hydrogens is 369 g/mol. The van der Waals surface area contributed by atoms with E-state index in [1.807, 2.05) is 23.6 Å². The quantitative estimate of drug-likeness (QED) is 0.732. The van der Waals surface area contributed by atoms with Gasteiger partial charge in [0.15, 0.2) is 0 Å². The van der Waals surface area contributed by atoms with Gasteiger partial charge >= 0.3 is 0 Å². The fourth-order valence-electron chi connectivity index (χ4n) is 1.69. The molecule has 0 saturated carbocycles. The van der Waals surface area contributed by atoms with E-state index in [2.05, 4.69) is 60.8 Å². The first kappa shape index (κ1) is 14.5. The van der Waals surface area contributed by atoms with E-state index in [0.29, 0.717) is 5.56 Å². The van der Waals surface area contributed by atoms with E-state index in [-0.39, 0.29) is 11.3 Å². The lowest BCUT2D eigenvalue weighted by Gasteiger charge is -2.19. The first-order valence-corrected chi connectivity index (χ1v) is 7.98. The van der Waals surface area contributed by atoms with Gasteiger partial charge in [0.05, 0.1) is 8.45 Å². The number of benzene rings is 1. The van der Waals surface area contributed by atoms with Crippen LogP contribution in [0.1, 0.15) is 36.7 Å². The van der Waals surface area contributed by atoms with Crippen LogP contribution in [-0.2, 0) is 5.41 Å². The summed E-state index contributed by atoms with van der Waals surface area (Å²) >= 11 is 3.79. The zero-order valence-corrected chi connectivity index (χ0v) is 14.1. The van der Waals surface area contributed by atoms with Crippen LogP contribution in [-0.4, -0.2) is 5.91 Å². The van der Waals surface area contributed by atoms with Gasteiger partial charge in [0, 0.05) is 11.1 Å². The predicted molar refractivity (Wildman–Crippen MR) is 90.1 cm³/mol. The zero-order chi connectivity index (χ0) is 14.0. The lowest BCUT2D eigenvalue weighted by Crippen LogP contribution is -2.13. The van der Waals surface area contributed by atoms with Crippen LogP contribution in [0.3, 0.4) is 0 Å². The van der Waals surface area contributed by atoms with E-state index in [9.17, 15) is 4.79 Å². The summed E-state index contributed by atoms with van der Waals surface area (Å²) in [4.78, 5) is 12.0. The van der Waals surface area contributed by atoms with Gasteiger partial charge in [0.25, 0.3) is 5.91 Å². The van der Waals surface area contributed by atoms with Crippen molar-refractivity contribution in [1.82, 2.24) is 0 Å². The zero-order valence-electron chi connectivity index (χ0n) is 11.2. The Kier molecular flexibility index (Phi) is 4.30. The van der Waals surface area contributed by atoms with Crippen LogP contribution in [0.2, 0.25) is 0 Å². The third-order valence-electron chi connectivity index (χ3n) is 2.84. The predicted octanol–water partition coefficient (Wildman–Crippen LogP) is 4.90. The molecule has 1 amide bonds. The largest absolute Gasteiger partial charge is 0.322 e. The molecule has 0 atom stereocenters. The SMILES string of the molecule is CC(C)(C)c1ccc(NC(=O)c2csc(I)c2)cc1. The monoisotopic (exact) mass is 385 g/mol. The minimum Gasteiger partial charge on any atom is -0.322 e. The van der Waals surface area contributed by atoms with Crippen LogP contribution < -0.4 is 5.32 Å². The number of hydrogen-bond donors (Lipinski definition) is 1. The van der Waals surface area contributed by atoms with E-state index in [0.717, 1.165) is 8.57 Å². The molecule has 0 radical (unpaired) electrons. The van der Waals surface area contributed by atoms with Crippen molar-refractivity contribution in [1.29, 1.82) is 0 Å². The first-order valence-electron chi connectivity index (χ1n) is 6.02. The van der Waals surface area contributed by atoms with Crippen molar-refractivity contribution in [2.45, 2.75) is 26.2 Å². The van der Waals surface area contributed by atoms with Gasteiger partial charge in [-0.2, -0.15) is 0 Å². The van der Waals surface area contributed by atoms with Gasteiger partial charge in [-0.05, 0) is 51.8 Å². The van der Waals surface area contributed by atoms with Gasteiger partial charge in [-0.1, -0.05) is 32.9 Å². The number of hydrogen-bond acceptors (Lipinski definition) is 2. The van der Waals surface area contributed by atoms with Gasteiger partial charge in [-0.3, -0.25) is 4.79 Å². The molecule has 1 aromatic heterocycles. The Morgan fingerprint density at radius 2 is 1.84 bits per heavy atom. The summed E-state index contributed by atoms with van der Waals surface area (Å²) in [5, 5.41) is 4.79. The minimum atomic E-state index is -0.0531. The Morgan fingerprint density at radius 3 is 2.32 bits per heavy atom. The summed E-state index contributed by atoms with van der Waals surface area (Å²) in [6.07, 6.45) is 0. The second kappa shape index (κ2) is 5.63. The topological polar surface area (TPSA) is 29.1 Å². The van der Waals surface area contributed by atoms with E-state index >= 15 is 0 Å². The van der Waals surface area contributed by atoms with Crippen LogP contribution in [0.25, 0.3) is 0 Å². The van der Waals surface area contributed by atoms with Crippen molar-refractivity contribution >= 4 is 45.5 Å². The van der Waals surface area contributed by atoms with Crippen molar-refractivity contribution < 1.29 is 4.79 Å². The molecule has 2 aromatic rings. The summed E-state index contributed by atoms with van der Waals surface area (Å²) < 4.78 is 1.12. The maximum atomic E-state index is 12.0. The molecule has 0 spiro atoms. The number of thiophene rings is 1. The molecule has 0 bridgehead atoms. The Hall–Kier alpha value is -0.880. The molecule has 1 heterocycles. The molecule has 1 N–H and O–H groups in total. The number of amides is 1. The molecular formula is C15H16INOS. The van der Waals surface area contributed by atoms with Crippen LogP contribution in [0, 0.1) is 2.88 Å². The molecule has 2 rings (SSSR count). The van der Waals surface area contributed by atoms with Gasteiger partial charge in [-0.15, -0.1) is 11.3 Å². The van der Waals surface area contributed by atoms with E-state index < -0.39 is 0 Å². The molecule has 0 aliphatic heterocycles. The third-order valence-corrected chi connectivity index (χ3v) is 4.63. The Morgan fingerprint density at radius 1 is 1.21 bits per heavy atom. The highest BCUT2D eigenvalue weighted by Gasteiger charge is 2.13. The van der Waals surface area contributed by atoms with Gasteiger partial charge < -0.3 is 5.32 Å². The first-order chi connectivity index (χ1) is 8.86. The van der Waals surface area contributed by atoms with E-state index in [1.54, 1.807) is 11.3 Å². The number of carbonyl (C=O) groups is 1. The standard InChI is InChI=1S/C15H16INOS/c1-15(2,3)11-4-6-12(7-5-11)17-14(18)10-8-13(16)19-9-10/h4-9H,1-3H3,(H,17,18). The van der Waals surface area contributed by atoms with Crippen LogP contribution in [0.5, 0.6) is 0 Å². The molecule has 4 heteroatoms. The molecule has 0 aliphatic rings. The molecule has 19 heavy (non-hydrogen) atoms. The van der Waals surface area contributed by atoms with Crippen molar-refractivity contribution in [3.8, 4) is 0 Å². The summed E-state index contributed by atoms with van der Waals surface area (Å²) in [5.41, 5.74) is 2.94. The normalized spacial score (nSPS) is 11.4. The average molecular weight is 385 g/mol. The number of carbonyl (C=O) groups excluding carboxylic acids is 1. The summed E-state index contributed by atoms with van der Waals surface area (Å²) in [6.45, 7) is 6.52. The fraction of sp³-hybridized carbons (Fsp3) is 0.267. The highest BCUT2D eigenvalue weighted by atomic mass is 127. The molecule has 1 aromatic carbocycles. The molecule has 100 valence electrons. The van der Waals surface area contributed by atoms with E-state index in [4.69, 9.17) is 0 Å². The van der Waals surface area contributed by atoms with Gasteiger partial charge in [0.1, 0.15) is 0 Å². The highest BCUT2D eigenvalue weighted by Crippen LogP contribution is 2.24. The third kappa shape index (κ3) is 3.79. The Balaban J connectivity index is 2.10. The fourth-order valence-corrected chi connectivity index (χ4v) is 3.01. The smallest absolute Gasteiger partial charge is 0.256 e. The van der Waals surface area contributed by atoms with Gasteiger partial charge in [0.2, 0.25) is 0 Å². The Labute approximate surface area is 131 Å². The van der Waals surface area contributed by atoms with Gasteiger partial charge in [-0.25, -0.2) is 0 Å². The maximum Gasteiger partial charge on any atom is 0.256 e. The minimum absolute atomic E-state index is 0.0531.